The Morgan fingerprint density at radius 2 is 2.25 bits per heavy atom. The largest absolute Gasteiger partial charge is 0.497 e. The van der Waals surface area contributed by atoms with Gasteiger partial charge in [-0.15, -0.1) is 0 Å². The van der Waals surface area contributed by atoms with Crippen molar-refractivity contribution in [1.29, 1.82) is 0 Å². The molecule has 0 spiro atoms. The van der Waals surface area contributed by atoms with Crippen LogP contribution in [-0.2, 0) is 6.54 Å². The average molecular weight is 298 g/mol. The molecule has 66 valence electrons. The Bertz CT molecular complexity index is 267. The average Bonchev–Trinajstić information content (AvgIpc) is 2.03. The fourth-order valence-corrected chi connectivity index (χ4v) is 2.16. The number of benzene rings is 1. The highest BCUT2D eigenvalue weighted by Gasteiger charge is 2.05. The fourth-order valence-electron chi connectivity index (χ4n) is 0.893. The topological polar surface area (TPSA) is 35.2 Å². The molecule has 0 radical (unpaired) electrons. The maximum absolute atomic E-state index is 5.95. The number of hydrogen-bond acceptors (Lipinski definition) is 2. The van der Waals surface area contributed by atoms with Gasteiger partial charge in [0.1, 0.15) is 5.75 Å². The van der Waals surface area contributed by atoms with Gasteiger partial charge in [0.25, 0.3) is 0 Å². The van der Waals surface area contributed by atoms with Crippen molar-refractivity contribution >= 4 is 34.2 Å². The molecule has 0 aliphatic heterocycles. The lowest BCUT2D eigenvalue weighted by Crippen LogP contribution is -2.00. The molecule has 1 rings (SSSR count). The summed E-state index contributed by atoms with van der Waals surface area (Å²) in [6.07, 6.45) is 0. The van der Waals surface area contributed by atoms with E-state index in [2.05, 4.69) is 22.6 Å². The van der Waals surface area contributed by atoms with Crippen LogP contribution in [0.25, 0.3) is 0 Å². The highest BCUT2D eigenvalue weighted by Crippen LogP contribution is 2.27. The number of ether oxygens (including phenoxy) is 1. The number of rotatable bonds is 2. The summed E-state index contributed by atoms with van der Waals surface area (Å²) in [5, 5.41) is 0.668. The second kappa shape index (κ2) is 4.30. The molecule has 0 aliphatic carbocycles. The molecule has 0 amide bonds. The molecule has 12 heavy (non-hydrogen) atoms. The first-order valence-corrected chi connectivity index (χ1v) is 4.86. The zero-order valence-corrected chi connectivity index (χ0v) is 9.52. The fraction of sp³-hybridized carbons (Fsp3) is 0.250. The van der Waals surface area contributed by atoms with Crippen LogP contribution in [-0.4, -0.2) is 7.11 Å². The first-order valence-electron chi connectivity index (χ1n) is 3.41. The first kappa shape index (κ1) is 10.1. The van der Waals surface area contributed by atoms with Gasteiger partial charge in [-0.3, -0.25) is 0 Å². The highest BCUT2D eigenvalue weighted by molar-refractivity contribution is 14.1. The van der Waals surface area contributed by atoms with E-state index in [4.69, 9.17) is 22.1 Å². The third-order valence-electron chi connectivity index (χ3n) is 1.55. The normalized spacial score (nSPS) is 10.0. The van der Waals surface area contributed by atoms with E-state index in [1.807, 2.05) is 6.07 Å². The Morgan fingerprint density at radius 1 is 1.58 bits per heavy atom. The molecule has 0 saturated carbocycles. The van der Waals surface area contributed by atoms with Crippen LogP contribution in [0, 0.1) is 3.57 Å². The van der Waals surface area contributed by atoms with Gasteiger partial charge in [0.15, 0.2) is 0 Å². The molecule has 0 atom stereocenters. The van der Waals surface area contributed by atoms with Crippen LogP contribution >= 0.6 is 34.2 Å². The second-order valence-electron chi connectivity index (χ2n) is 2.27. The van der Waals surface area contributed by atoms with Crippen LogP contribution < -0.4 is 10.5 Å². The van der Waals surface area contributed by atoms with Gasteiger partial charge in [-0.25, -0.2) is 0 Å². The lowest BCUT2D eigenvalue weighted by Gasteiger charge is -2.06. The van der Waals surface area contributed by atoms with Crippen LogP contribution in [0.2, 0.25) is 5.02 Å². The van der Waals surface area contributed by atoms with Crippen LogP contribution in [0.4, 0.5) is 0 Å². The van der Waals surface area contributed by atoms with E-state index in [0.717, 1.165) is 14.9 Å². The molecule has 0 fully saturated rings. The summed E-state index contributed by atoms with van der Waals surface area (Å²) in [4.78, 5) is 0. The molecule has 2 N–H and O–H groups in total. The zero-order chi connectivity index (χ0) is 9.14. The maximum Gasteiger partial charge on any atom is 0.121 e. The maximum atomic E-state index is 5.95. The molecule has 0 unspecified atom stereocenters. The molecule has 0 heterocycles. The summed E-state index contributed by atoms with van der Waals surface area (Å²) in [5.74, 6) is 0.765. The molecular weight excluding hydrogens is 288 g/mol. The Labute approximate surface area is 90.2 Å². The molecule has 4 heteroatoms. The molecule has 1 aromatic carbocycles. The number of nitrogens with two attached hydrogens (primary N) is 1. The Morgan fingerprint density at radius 3 is 2.67 bits per heavy atom. The standard InChI is InChI=1S/C8H9ClINO/c1-12-5-2-7(9)6(4-11)8(10)3-5/h2-3H,4,11H2,1H3. The van der Waals surface area contributed by atoms with Gasteiger partial charge >= 0.3 is 0 Å². The van der Waals surface area contributed by atoms with E-state index < -0.39 is 0 Å². The van der Waals surface area contributed by atoms with E-state index in [1.165, 1.54) is 0 Å². The van der Waals surface area contributed by atoms with Crippen LogP contribution in [0.15, 0.2) is 12.1 Å². The van der Waals surface area contributed by atoms with Gasteiger partial charge < -0.3 is 10.5 Å². The predicted molar refractivity (Wildman–Crippen MR) is 58.6 cm³/mol. The Kier molecular flexibility index (Phi) is 3.61. The van der Waals surface area contributed by atoms with E-state index in [9.17, 15) is 0 Å². The van der Waals surface area contributed by atoms with Crippen molar-refractivity contribution < 1.29 is 4.74 Å². The SMILES string of the molecule is COc1cc(Cl)c(CN)c(I)c1. The predicted octanol–water partition coefficient (Wildman–Crippen LogP) is 2.41. The first-order chi connectivity index (χ1) is 5.69. The Hall–Kier alpha value is -0.000000000000000111. The van der Waals surface area contributed by atoms with Gasteiger partial charge in [-0.2, -0.15) is 0 Å². The minimum absolute atomic E-state index is 0.459. The van der Waals surface area contributed by atoms with Crippen molar-refractivity contribution in [2.45, 2.75) is 6.54 Å². The zero-order valence-electron chi connectivity index (χ0n) is 6.60. The van der Waals surface area contributed by atoms with Gasteiger partial charge in [0, 0.05) is 15.1 Å². The van der Waals surface area contributed by atoms with E-state index >= 15 is 0 Å². The quantitative estimate of drug-likeness (QED) is 0.851. The number of hydrogen-bond donors (Lipinski definition) is 1. The van der Waals surface area contributed by atoms with E-state index in [1.54, 1.807) is 13.2 Å². The molecule has 0 saturated heterocycles. The lowest BCUT2D eigenvalue weighted by molar-refractivity contribution is 0.414. The monoisotopic (exact) mass is 297 g/mol. The number of halogens is 2. The van der Waals surface area contributed by atoms with Crippen LogP contribution in [0.3, 0.4) is 0 Å². The second-order valence-corrected chi connectivity index (χ2v) is 3.84. The molecule has 2 nitrogen and oxygen atoms in total. The van der Waals surface area contributed by atoms with Crippen molar-refractivity contribution in [2.24, 2.45) is 5.73 Å². The van der Waals surface area contributed by atoms with Crippen LogP contribution in [0.5, 0.6) is 5.75 Å². The summed E-state index contributed by atoms with van der Waals surface area (Å²) >= 11 is 8.14. The molecule has 1 aromatic rings. The van der Waals surface area contributed by atoms with Crippen molar-refractivity contribution in [3.8, 4) is 5.75 Å². The summed E-state index contributed by atoms with van der Waals surface area (Å²) in [5.41, 5.74) is 6.48. The minimum Gasteiger partial charge on any atom is -0.497 e. The van der Waals surface area contributed by atoms with Crippen molar-refractivity contribution in [2.75, 3.05) is 7.11 Å². The van der Waals surface area contributed by atoms with Crippen molar-refractivity contribution in [1.82, 2.24) is 0 Å². The summed E-state index contributed by atoms with van der Waals surface area (Å²) in [6, 6.07) is 3.68. The lowest BCUT2D eigenvalue weighted by atomic mass is 10.2. The molecule has 0 aliphatic rings. The van der Waals surface area contributed by atoms with Gasteiger partial charge in [-0.1, -0.05) is 11.6 Å². The van der Waals surface area contributed by atoms with E-state index in [0.29, 0.717) is 11.6 Å². The molecule has 0 aromatic heterocycles. The highest BCUT2D eigenvalue weighted by atomic mass is 127. The molecule has 0 bridgehead atoms. The van der Waals surface area contributed by atoms with Crippen molar-refractivity contribution in [3.05, 3.63) is 26.3 Å². The minimum atomic E-state index is 0.459. The molecular formula is C8H9ClINO. The third-order valence-corrected chi connectivity index (χ3v) is 2.85. The van der Waals surface area contributed by atoms with Gasteiger partial charge in [0.2, 0.25) is 0 Å². The van der Waals surface area contributed by atoms with Gasteiger partial charge in [-0.05, 0) is 40.3 Å². The summed E-state index contributed by atoms with van der Waals surface area (Å²) in [6.45, 7) is 0.459. The third kappa shape index (κ3) is 2.02. The van der Waals surface area contributed by atoms with Crippen molar-refractivity contribution in [3.63, 3.8) is 0 Å². The van der Waals surface area contributed by atoms with Crippen LogP contribution in [0.1, 0.15) is 5.56 Å². The Balaban J connectivity index is 3.18. The smallest absolute Gasteiger partial charge is 0.121 e. The summed E-state index contributed by atoms with van der Waals surface area (Å²) < 4.78 is 6.09. The van der Waals surface area contributed by atoms with Gasteiger partial charge in [0.05, 0.1) is 7.11 Å². The van der Waals surface area contributed by atoms with E-state index in [-0.39, 0.29) is 0 Å². The number of methoxy groups -OCH3 is 1. The summed E-state index contributed by atoms with van der Waals surface area (Å²) in [7, 11) is 1.61.